The maximum Gasteiger partial charge on any atom is 0.273 e. The number of hydrogen-bond acceptors (Lipinski definition) is 8. The van der Waals surface area contributed by atoms with Crippen LogP contribution in [0.15, 0.2) is 27.6 Å². The van der Waals surface area contributed by atoms with Gasteiger partial charge in [0.05, 0.1) is 26.5 Å². The maximum absolute atomic E-state index is 13.7. The van der Waals surface area contributed by atoms with Gasteiger partial charge in [0.15, 0.2) is 11.5 Å². The molecule has 0 radical (unpaired) electrons. The van der Waals surface area contributed by atoms with E-state index in [1.54, 1.807) is 0 Å². The summed E-state index contributed by atoms with van der Waals surface area (Å²) in [6.45, 7) is 0. The molecule has 0 aromatic carbocycles. The van der Waals surface area contributed by atoms with Crippen molar-refractivity contribution in [2.45, 2.75) is 17.7 Å². The lowest BCUT2D eigenvalue weighted by Gasteiger charge is -2.14. The molecule has 1 aliphatic rings. The van der Waals surface area contributed by atoms with Crippen LogP contribution in [0.3, 0.4) is 0 Å². The second-order valence-corrected chi connectivity index (χ2v) is 8.85. The molecule has 154 valence electrons. The number of hydrogen-bond donors (Lipinski definition) is 3. The van der Waals surface area contributed by atoms with Gasteiger partial charge in [-0.15, -0.1) is 10.2 Å². The maximum atomic E-state index is 13.7. The molecule has 1 unspecified atom stereocenters. The van der Waals surface area contributed by atoms with Crippen LogP contribution in [0.4, 0.5) is 21.7 Å². The topological polar surface area (TPSA) is 138 Å². The van der Waals surface area contributed by atoms with E-state index >= 15 is 0 Å². The Morgan fingerprint density at radius 3 is 2.62 bits per heavy atom. The summed E-state index contributed by atoms with van der Waals surface area (Å²) in [5.41, 5.74) is 0.0714. The van der Waals surface area contributed by atoms with E-state index in [1.165, 1.54) is 26.4 Å². The van der Waals surface area contributed by atoms with E-state index in [2.05, 4.69) is 35.5 Å². The molecule has 0 aliphatic heterocycles. The number of nitrogens with zero attached hydrogens (tertiary/aromatic N) is 4. The van der Waals surface area contributed by atoms with Crippen molar-refractivity contribution in [2.24, 2.45) is 10.3 Å². The van der Waals surface area contributed by atoms with Crippen LogP contribution in [-0.4, -0.2) is 51.6 Å². The standard InChI is InChI=1S/C17H20FN7O3S/c1-19-17(27)14-11(7-13(24-25-14)23-16(26)9-4-5-9)22-15-12(29(3,28)20-2)6-10(18)8-21-15/h6-9H,4-5H2,1-3H3,(H,19,27)(H2,21,22,23,24,26). The first-order valence-corrected chi connectivity index (χ1v) is 10.6. The van der Waals surface area contributed by atoms with E-state index in [-0.39, 0.29) is 39.7 Å². The molecule has 2 amide bonds. The Morgan fingerprint density at radius 1 is 1.28 bits per heavy atom. The summed E-state index contributed by atoms with van der Waals surface area (Å²) in [4.78, 5) is 28.2. The van der Waals surface area contributed by atoms with E-state index in [9.17, 15) is 18.2 Å². The summed E-state index contributed by atoms with van der Waals surface area (Å²) in [7, 11) is -0.161. The van der Waals surface area contributed by atoms with Crippen LogP contribution in [0.2, 0.25) is 0 Å². The van der Waals surface area contributed by atoms with Crippen molar-refractivity contribution >= 4 is 38.9 Å². The van der Waals surface area contributed by atoms with E-state index in [4.69, 9.17) is 0 Å². The van der Waals surface area contributed by atoms with Gasteiger partial charge < -0.3 is 16.0 Å². The monoisotopic (exact) mass is 421 g/mol. The molecule has 3 N–H and O–H groups in total. The molecule has 2 aromatic heterocycles. The highest BCUT2D eigenvalue weighted by atomic mass is 32.2. The van der Waals surface area contributed by atoms with Gasteiger partial charge in [-0.1, -0.05) is 0 Å². The fraction of sp³-hybridized carbons (Fsp3) is 0.353. The summed E-state index contributed by atoms with van der Waals surface area (Å²) >= 11 is 0. The van der Waals surface area contributed by atoms with Crippen LogP contribution < -0.4 is 16.0 Å². The molecule has 1 aliphatic carbocycles. The molecule has 3 rings (SSSR count). The van der Waals surface area contributed by atoms with Gasteiger partial charge in [-0.05, 0) is 18.9 Å². The Labute approximate surface area is 166 Å². The minimum atomic E-state index is -2.94. The third-order valence-corrected chi connectivity index (χ3v) is 6.09. The first kappa shape index (κ1) is 20.6. The van der Waals surface area contributed by atoms with Crippen molar-refractivity contribution in [2.75, 3.05) is 31.0 Å². The average molecular weight is 421 g/mol. The summed E-state index contributed by atoms with van der Waals surface area (Å²) in [6, 6.07) is 2.47. The van der Waals surface area contributed by atoms with Gasteiger partial charge >= 0.3 is 0 Å². The van der Waals surface area contributed by atoms with E-state index in [0.29, 0.717) is 0 Å². The minimum absolute atomic E-state index is 0.0308. The number of anilines is 3. The van der Waals surface area contributed by atoms with E-state index in [1.807, 2.05) is 0 Å². The zero-order valence-corrected chi connectivity index (χ0v) is 16.8. The molecular formula is C17H20FN7O3S. The van der Waals surface area contributed by atoms with Gasteiger partial charge in [0.2, 0.25) is 5.91 Å². The molecule has 2 heterocycles. The summed E-state index contributed by atoms with van der Waals surface area (Å²) in [6.07, 6.45) is 3.92. The van der Waals surface area contributed by atoms with Gasteiger partial charge in [-0.25, -0.2) is 17.9 Å². The van der Waals surface area contributed by atoms with Crippen LogP contribution in [0.25, 0.3) is 0 Å². The van der Waals surface area contributed by atoms with E-state index in [0.717, 1.165) is 25.1 Å². The fourth-order valence-corrected chi connectivity index (χ4v) is 3.43. The number of carbonyl (C=O) groups excluding carboxylic acids is 2. The van der Waals surface area contributed by atoms with Crippen LogP contribution >= 0.6 is 0 Å². The molecule has 0 bridgehead atoms. The second kappa shape index (κ2) is 8.07. The number of pyridine rings is 1. The van der Waals surface area contributed by atoms with Crippen molar-refractivity contribution in [3.8, 4) is 0 Å². The van der Waals surface area contributed by atoms with Crippen molar-refractivity contribution in [1.29, 1.82) is 0 Å². The molecule has 1 saturated carbocycles. The van der Waals surface area contributed by atoms with Crippen LogP contribution in [0.1, 0.15) is 23.3 Å². The fourth-order valence-electron chi connectivity index (χ4n) is 2.44. The molecule has 0 saturated heterocycles. The SMILES string of the molecule is CN=S(C)(=O)c1cc(F)cnc1Nc1cc(NC(=O)C2CC2)nnc1C(=O)NC. The highest BCUT2D eigenvalue weighted by molar-refractivity contribution is 7.93. The molecule has 2 aromatic rings. The first-order chi connectivity index (χ1) is 13.7. The van der Waals surface area contributed by atoms with Crippen LogP contribution in [0, 0.1) is 11.7 Å². The third kappa shape index (κ3) is 4.65. The molecule has 29 heavy (non-hydrogen) atoms. The number of amides is 2. The lowest BCUT2D eigenvalue weighted by molar-refractivity contribution is -0.117. The molecular weight excluding hydrogens is 401 g/mol. The average Bonchev–Trinajstić information content (AvgIpc) is 3.54. The summed E-state index contributed by atoms with van der Waals surface area (Å²) < 4.78 is 30.2. The predicted molar refractivity (Wildman–Crippen MR) is 105 cm³/mol. The number of nitrogens with one attached hydrogen (secondary N) is 3. The molecule has 1 atom stereocenters. The lowest BCUT2D eigenvalue weighted by Crippen LogP contribution is -2.23. The third-order valence-electron chi connectivity index (χ3n) is 4.26. The summed E-state index contributed by atoms with van der Waals surface area (Å²) in [5, 5.41) is 15.7. The molecule has 0 spiro atoms. The first-order valence-electron chi connectivity index (χ1n) is 8.68. The van der Waals surface area contributed by atoms with Crippen molar-refractivity contribution in [3.63, 3.8) is 0 Å². The number of halogens is 1. The molecule has 1 fully saturated rings. The Bertz CT molecular complexity index is 1090. The second-order valence-electron chi connectivity index (χ2n) is 6.44. The van der Waals surface area contributed by atoms with Crippen LogP contribution in [0.5, 0.6) is 0 Å². The van der Waals surface area contributed by atoms with Crippen molar-refractivity contribution in [1.82, 2.24) is 20.5 Å². The molecule has 10 nitrogen and oxygen atoms in total. The highest BCUT2D eigenvalue weighted by Gasteiger charge is 2.30. The minimum Gasteiger partial charge on any atom is -0.354 e. The Kier molecular flexibility index (Phi) is 5.73. The van der Waals surface area contributed by atoms with Crippen molar-refractivity contribution < 1.29 is 18.2 Å². The number of rotatable bonds is 6. The smallest absolute Gasteiger partial charge is 0.273 e. The molecule has 12 heteroatoms. The van der Waals surface area contributed by atoms with Gasteiger partial charge in [0.1, 0.15) is 11.6 Å². The zero-order chi connectivity index (χ0) is 21.2. The predicted octanol–water partition coefficient (Wildman–Crippen LogP) is 1.55. The number of aromatic nitrogens is 3. The highest BCUT2D eigenvalue weighted by Crippen LogP contribution is 2.31. The Hall–Kier alpha value is -3.15. The van der Waals surface area contributed by atoms with Gasteiger partial charge in [0.25, 0.3) is 5.91 Å². The Balaban J connectivity index is 2.04. The quantitative estimate of drug-likeness (QED) is 0.643. The van der Waals surface area contributed by atoms with Crippen LogP contribution in [-0.2, 0) is 14.5 Å². The normalized spacial score (nSPS) is 15.2. The zero-order valence-electron chi connectivity index (χ0n) is 16.0. The van der Waals surface area contributed by atoms with E-state index < -0.39 is 21.5 Å². The lowest BCUT2D eigenvalue weighted by atomic mass is 10.2. The van der Waals surface area contributed by atoms with Gasteiger partial charge in [-0.3, -0.25) is 9.59 Å². The number of carbonyl (C=O) groups is 2. The van der Waals surface area contributed by atoms with Crippen molar-refractivity contribution in [3.05, 3.63) is 29.8 Å². The summed E-state index contributed by atoms with van der Waals surface area (Å²) in [5.74, 6) is -1.27. The van der Waals surface area contributed by atoms with Gasteiger partial charge in [-0.2, -0.15) is 0 Å². The Morgan fingerprint density at radius 2 is 2.00 bits per heavy atom. The largest absolute Gasteiger partial charge is 0.354 e. The van der Waals surface area contributed by atoms with Gasteiger partial charge in [0, 0.05) is 32.3 Å².